The fraction of sp³-hybridized carbons (Fsp3) is 0.643. The van der Waals surface area contributed by atoms with Gasteiger partial charge in [-0.2, -0.15) is 0 Å². The number of hydrogen-bond acceptors (Lipinski definition) is 2. The van der Waals surface area contributed by atoms with Crippen molar-refractivity contribution in [1.82, 2.24) is 4.98 Å². The van der Waals surface area contributed by atoms with E-state index >= 15 is 0 Å². The van der Waals surface area contributed by atoms with Gasteiger partial charge in [0.15, 0.2) is 0 Å². The molecule has 1 aliphatic rings. The third-order valence-corrected chi connectivity index (χ3v) is 3.73. The Kier molecular flexibility index (Phi) is 4.34. The van der Waals surface area contributed by atoms with Crippen LogP contribution in [0.1, 0.15) is 50.1 Å². The van der Waals surface area contributed by atoms with Crippen LogP contribution in [0.3, 0.4) is 0 Å². The average Bonchev–Trinajstić information content (AvgIpc) is 2.38. The second kappa shape index (κ2) is 6.00. The van der Waals surface area contributed by atoms with Crippen molar-refractivity contribution < 1.29 is 0 Å². The molecule has 1 aliphatic carbocycles. The van der Waals surface area contributed by atoms with Gasteiger partial charge in [-0.3, -0.25) is 4.98 Å². The van der Waals surface area contributed by atoms with Crippen LogP contribution >= 0.6 is 0 Å². The molecule has 2 rings (SSSR count). The molecule has 0 aromatic carbocycles. The van der Waals surface area contributed by atoms with Gasteiger partial charge in [-0.1, -0.05) is 38.2 Å². The SMILES string of the molecule is NCC(CC1CCCCC1)c1ccccn1. The van der Waals surface area contributed by atoms with Gasteiger partial charge in [0.25, 0.3) is 0 Å². The molecule has 0 amide bonds. The second-order valence-corrected chi connectivity index (χ2v) is 4.93. The van der Waals surface area contributed by atoms with Crippen LogP contribution in [-0.2, 0) is 0 Å². The second-order valence-electron chi connectivity index (χ2n) is 4.93. The van der Waals surface area contributed by atoms with Gasteiger partial charge < -0.3 is 5.73 Å². The molecule has 1 heterocycles. The average molecular weight is 218 g/mol. The number of nitrogens with two attached hydrogens (primary N) is 1. The fourth-order valence-electron chi connectivity index (χ4n) is 2.78. The third kappa shape index (κ3) is 3.05. The van der Waals surface area contributed by atoms with Gasteiger partial charge in [0.2, 0.25) is 0 Å². The Balaban J connectivity index is 1.94. The van der Waals surface area contributed by atoms with Crippen LogP contribution in [0, 0.1) is 5.92 Å². The molecule has 2 N–H and O–H groups in total. The highest BCUT2D eigenvalue weighted by atomic mass is 14.7. The summed E-state index contributed by atoms with van der Waals surface area (Å²) in [5.41, 5.74) is 7.06. The van der Waals surface area contributed by atoms with Gasteiger partial charge >= 0.3 is 0 Å². The smallest absolute Gasteiger partial charge is 0.0447 e. The van der Waals surface area contributed by atoms with Gasteiger partial charge in [-0.15, -0.1) is 0 Å². The molecule has 88 valence electrons. The first-order valence-corrected chi connectivity index (χ1v) is 6.51. The maximum absolute atomic E-state index is 5.88. The molecule has 1 aromatic rings. The lowest BCUT2D eigenvalue weighted by Crippen LogP contribution is -2.19. The van der Waals surface area contributed by atoms with Crippen molar-refractivity contribution in [1.29, 1.82) is 0 Å². The summed E-state index contributed by atoms with van der Waals surface area (Å²) >= 11 is 0. The van der Waals surface area contributed by atoms with Crippen LogP contribution in [0.25, 0.3) is 0 Å². The summed E-state index contributed by atoms with van der Waals surface area (Å²) in [6.45, 7) is 0.730. The first-order chi connectivity index (χ1) is 7.90. The lowest BCUT2D eigenvalue weighted by atomic mass is 9.82. The lowest BCUT2D eigenvalue weighted by Gasteiger charge is -2.25. The van der Waals surface area contributed by atoms with Gasteiger partial charge in [-0.25, -0.2) is 0 Å². The quantitative estimate of drug-likeness (QED) is 0.843. The molecule has 0 bridgehead atoms. The van der Waals surface area contributed by atoms with E-state index in [2.05, 4.69) is 17.1 Å². The molecule has 0 radical (unpaired) electrons. The Labute approximate surface area is 98.3 Å². The van der Waals surface area contributed by atoms with Crippen molar-refractivity contribution in [3.05, 3.63) is 30.1 Å². The molecule has 1 fully saturated rings. The van der Waals surface area contributed by atoms with E-state index in [1.165, 1.54) is 44.2 Å². The van der Waals surface area contributed by atoms with Gasteiger partial charge in [0.1, 0.15) is 0 Å². The van der Waals surface area contributed by atoms with Crippen molar-refractivity contribution >= 4 is 0 Å². The maximum Gasteiger partial charge on any atom is 0.0447 e. The Morgan fingerprint density at radius 3 is 2.69 bits per heavy atom. The first kappa shape index (κ1) is 11.6. The predicted molar refractivity (Wildman–Crippen MR) is 67.2 cm³/mol. The molecule has 2 heteroatoms. The summed E-state index contributed by atoms with van der Waals surface area (Å²) in [4.78, 5) is 4.44. The zero-order chi connectivity index (χ0) is 11.2. The highest BCUT2D eigenvalue weighted by molar-refractivity contribution is 5.10. The molecule has 1 atom stereocenters. The number of nitrogens with zero attached hydrogens (tertiary/aromatic N) is 1. The van der Waals surface area contributed by atoms with Crippen LogP contribution in [0.4, 0.5) is 0 Å². The van der Waals surface area contributed by atoms with Crippen LogP contribution in [-0.4, -0.2) is 11.5 Å². The van der Waals surface area contributed by atoms with E-state index in [0.717, 1.165) is 12.5 Å². The number of hydrogen-bond donors (Lipinski definition) is 1. The van der Waals surface area contributed by atoms with E-state index in [1.807, 2.05) is 12.3 Å². The van der Waals surface area contributed by atoms with E-state index in [4.69, 9.17) is 5.73 Å². The molecule has 1 saturated carbocycles. The maximum atomic E-state index is 5.88. The minimum absolute atomic E-state index is 0.462. The topological polar surface area (TPSA) is 38.9 Å². The van der Waals surface area contributed by atoms with Crippen molar-refractivity contribution in [2.24, 2.45) is 11.7 Å². The van der Waals surface area contributed by atoms with E-state index in [9.17, 15) is 0 Å². The molecule has 2 nitrogen and oxygen atoms in total. The highest BCUT2D eigenvalue weighted by Gasteiger charge is 2.19. The van der Waals surface area contributed by atoms with Crippen molar-refractivity contribution in [2.45, 2.75) is 44.4 Å². The van der Waals surface area contributed by atoms with Gasteiger partial charge in [0, 0.05) is 24.4 Å². The number of aromatic nitrogens is 1. The van der Waals surface area contributed by atoms with Crippen molar-refractivity contribution in [2.75, 3.05) is 6.54 Å². The van der Waals surface area contributed by atoms with Gasteiger partial charge in [-0.05, 0) is 24.5 Å². The van der Waals surface area contributed by atoms with Gasteiger partial charge in [0.05, 0.1) is 0 Å². The third-order valence-electron chi connectivity index (χ3n) is 3.73. The van der Waals surface area contributed by atoms with E-state index in [0.29, 0.717) is 5.92 Å². The molecular weight excluding hydrogens is 196 g/mol. The molecule has 0 saturated heterocycles. The van der Waals surface area contributed by atoms with E-state index in [-0.39, 0.29) is 0 Å². The molecule has 16 heavy (non-hydrogen) atoms. The molecule has 0 spiro atoms. The summed E-state index contributed by atoms with van der Waals surface area (Å²) in [6.07, 6.45) is 10.1. The summed E-state index contributed by atoms with van der Waals surface area (Å²) in [7, 11) is 0. The minimum atomic E-state index is 0.462. The van der Waals surface area contributed by atoms with E-state index in [1.54, 1.807) is 0 Å². The van der Waals surface area contributed by atoms with Crippen LogP contribution in [0.5, 0.6) is 0 Å². The predicted octanol–water partition coefficient (Wildman–Crippen LogP) is 3.09. The lowest BCUT2D eigenvalue weighted by molar-refractivity contribution is 0.317. The zero-order valence-electron chi connectivity index (χ0n) is 9.94. The van der Waals surface area contributed by atoms with Crippen molar-refractivity contribution in [3.63, 3.8) is 0 Å². The molecule has 1 unspecified atom stereocenters. The van der Waals surface area contributed by atoms with E-state index < -0.39 is 0 Å². The summed E-state index contributed by atoms with van der Waals surface area (Å²) in [5, 5.41) is 0. The van der Waals surface area contributed by atoms with Crippen molar-refractivity contribution in [3.8, 4) is 0 Å². The van der Waals surface area contributed by atoms with Crippen LogP contribution in [0.15, 0.2) is 24.4 Å². The molecular formula is C14H22N2. The largest absolute Gasteiger partial charge is 0.330 e. The summed E-state index contributed by atoms with van der Waals surface area (Å²) in [6, 6.07) is 6.14. The Morgan fingerprint density at radius 1 is 1.25 bits per heavy atom. The zero-order valence-corrected chi connectivity index (χ0v) is 9.94. The summed E-state index contributed by atoms with van der Waals surface area (Å²) in [5.74, 6) is 1.34. The summed E-state index contributed by atoms with van der Waals surface area (Å²) < 4.78 is 0. The van der Waals surface area contributed by atoms with Crippen LogP contribution in [0.2, 0.25) is 0 Å². The number of rotatable bonds is 4. The Bertz CT molecular complexity index is 291. The molecule has 0 aliphatic heterocycles. The molecule has 1 aromatic heterocycles. The standard InChI is InChI=1S/C14H22N2/c15-11-13(14-8-4-5-9-16-14)10-12-6-2-1-3-7-12/h4-5,8-9,12-13H,1-3,6-7,10-11,15H2. The minimum Gasteiger partial charge on any atom is -0.330 e. The first-order valence-electron chi connectivity index (χ1n) is 6.51. The number of pyridine rings is 1. The Morgan fingerprint density at radius 2 is 2.06 bits per heavy atom. The monoisotopic (exact) mass is 218 g/mol. The van der Waals surface area contributed by atoms with Crippen LogP contribution < -0.4 is 5.73 Å². The highest BCUT2D eigenvalue weighted by Crippen LogP contribution is 2.31. The fourth-order valence-corrected chi connectivity index (χ4v) is 2.78. The Hall–Kier alpha value is -0.890. The normalized spacial score (nSPS) is 19.6.